The zero-order chi connectivity index (χ0) is 15.7. The molecule has 1 aromatic heterocycles. The number of aryl methyl sites for hydroxylation is 1. The second-order valence-corrected chi connectivity index (χ2v) is 5.39. The normalized spacial score (nSPS) is 10.7. The maximum Gasteiger partial charge on any atom is 0.251 e. The van der Waals surface area contributed by atoms with Crippen LogP contribution in [0.15, 0.2) is 12.1 Å². The molecule has 0 saturated carbocycles. The summed E-state index contributed by atoms with van der Waals surface area (Å²) >= 11 is 0. The number of carbonyl (C=O) groups is 1. The van der Waals surface area contributed by atoms with Gasteiger partial charge in [0.05, 0.1) is 0 Å². The molecular formula is C15H27N5O. The highest BCUT2D eigenvalue weighted by molar-refractivity contribution is 5.94. The third-order valence-electron chi connectivity index (χ3n) is 3.11. The Labute approximate surface area is 127 Å². The van der Waals surface area contributed by atoms with Crippen molar-refractivity contribution in [1.29, 1.82) is 0 Å². The first-order valence-corrected chi connectivity index (χ1v) is 7.47. The summed E-state index contributed by atoms with van der Waals surface area (Å²) in [4.78, 5) is 18.6. The van der Waals surface area contributed by atoms with Gasteiger partial charge in [-0.05, 0) is 52.0 Å². The van der Waals surface area contributed by atoms with Crippen LogP contribution in [0.2, 0.25) is 0 Å². The highest BCUT2D eigenvalue weighted by Crippen LogP contribution is 2.11. The van der Waals surface area contributed by atoms with Crippen molar-refractivity contribution >= 4 is 11.7 Å². The molecule has 0 aliphatic carbocycles. The Morgan fingerprint density at radius 3 is 2.71 bits per heavy atom. The molecule has 1 rings (SSSR count). The molecule has 118 valence electrons. The van der Waals surface area contributed by atoms with E-state index in [1.807, 2.05) is 20.2 Å². The number of nitrogens with two attached hydrogens (primary N) is 1. The van der Waals surface area contributed by atoms with Gasteiger partial charge in [-0.2, -0.15) is 0 Å². The fourth-order valence-electron chi connectivity index (χ4n) is 2.03. The molecule has 1 amide bonds. The van der Waals surface area contributed by atoms with Gasteiger partial charge in [0.25, 0.3) is 5.91 Å². The maximum atomic E-state index is 12.1. The number of rotatable bonds is 9. The van der Waals surface area contributed by atoms with Gasteiger partial charge in [0, 0.05) is 17.8 Å². The Hall–Kier alpha value is -1.66. The van der Waals surface area contributed by atoms with E-state index in [0.717, 1.165) is 37.9 Å². The van der Waals surface area contributed by atoms with Crippen molar-refractivity contribution in [3.05, 3.63) is 23.4 Å². The molecule has 21 heavy (non-hydrogen) atoms. The molecule has 4 N–H and O–H groups in total. The van der Waals surface area contributed by atoms with Gasteiger partial charge in [0.2, 0.25) is 0 Å². The third kappa shape index (κ3) is 6.55. The predicted octanol–water partition coefficient (Wildman–Crippen LogP) is 1.39. The highest BCUT2D eigenvalue weighted by Gasteiger charge is 2.09. The molecule has 6 nitrogen and oxygen atoms in total. The Kier molecular flexibility index (Phi) is 7.71. The van der Waals surface area contributed by atoms with Crippen molar-refractivity contribution in [1.82, 2.24) is 15.2 Å². The van der Waals surface area contributed by atoms with E-state index in [2.05, 4.69) is 27.6 Å². The van der Waals surface area contributed by atoms with E-state index in [-0.39, 0.29) is 5.91 Å². The minimum Gasteiger partial charge on any atom is -0.352 e. The summed E-state index contributed by atoms with van der Waals surface area (Å²) < 4.78 is 0. The average Bonchev–Trinajstić information content (AvgIpc) is 2.46. The Morgan fingerprint density at radius 2 is 2.10 bits per heavy atom. The molecule has 1 heterocycles. The van der Waals surface area contributed by atoms with Crippen LogP contribution in [-0.4, -0.2) is 43.0 Å². The maximum absolute atomic E-state index is 12.1. The summed E-state index contributed by atoms with van der Waals surface area (Å²) in [5.41, 5.74) is 4.00. The number of nitrogens with one attached hydrogen (secondary N) is 2. The molecule has 0 aliphatic rings. The number of unbranched alkanes of at least 4 members (excludes halogenated alkanes) is 1. The van der Waals surface area contributed by atoms with Crippen molar-refractivity contribution in [2.45, 2.75) is 32.6 Å². The molecule has 0 radical (unpaired) electrons. The number of nitrogen functional groups attached to an aromatic ring is 1. The molecule has 0 saturated heterocycles. The number of anilines is 1. The van der Waals surface area contributed by atoms with Gasteiger partial charge >= 0.3 is 0 Å². The topological polar surface area (TPSA) is 83.3 Å². The predicted molar refractivity (Wildman–Crippen MR) is 86.2 cm³/mol. The van der Waals surface area contributed by atoms with E-state index in [4.69, 9.17) is 5.84 Å². The average molecular weight is 293 g/mol. The van der Waals surface area contributed by atoms with E-state index >= 15 is 0 Å². The number of pyridine rings is 1. The molecular weight excluding hydrogens is 266 g/mol. The SMILES string of the molecule is CCCc1cc(C(=O)NCCCCN(C)C)cc(NN)n1. The second kappa shape index (κ2) is 9.31. The van der Waals surface area contributed by atoms with Crippen LogP contribution in [0.5, 0.6) is 0 Å². The highest BCUT2D eigenvalue weighted by atomic mass is 16.1. The van der Waals surface area contributed by atoms with Crippen LogP contribution in [0.25, 0.3) is 0 Å². The minimum absolute atomic E-state index is 0.0730. The fourth-order valence-corrected chi connectivity index (χ4v) is 2.03. The number of hydrogen-bond acceptors (Lipinski definition) is 5. The molecule has 0 unspecified atom stereocenters. The first kappa shape index (κ1) is 17.4. The lowest BCUT2D eigenvalue weighted by Gasteiger charge is -2.10. The van der Waals surface area contributed by atoms with Gasteiger partial charge in [0.1, 0.15) is 5.82 Å². The molecule has 6 heteroatoms. The van der Waals surface area contributed by atoms with Gasteiger partial charge in [-0.1, -0.05) is 13.3 Å². The van der Waals surface area contributed by atoms with E-state index in [1.54, 1.807) is 6.07 Å². The van der Waals surface area contributed by atoms with Crippen molar-refractivity contribution in [2.75, 3.05) is 32.6 Å². The molecule has 0 aromatic carbocycles. The van der Waals surface area contributed by atoms with Crippen LogP contribution < -0.4 is 16.6 Å². The van der Waals surface area contributed by atoms with Crippen LogP contribution in [0.1, 0.15) is 42.2 Å². The van der Waals surface area contributed by atoms with Crippen LogP contribution in [-0.2, 0) is 6.42 Å². The standard InChI is InChI=1S/C15H27N5O/c1-4-7-13-10-12(11-14(18-13)19-16)15(21)17-8-5-6-9-20(2)3/h10-11H,4-9,16H2,1-3H3,(H,17,21)(H,18,19). The Bertz CT molecular complexity index is 448. The molecule has 0 spiro atoms. The second-order valence-electron chi connectivity index (χ2n) is 5.39. The molecule has 1 aromatic rings. The number of nitrogens with zero attached hydrogens (tertiary/aromatic N) is 2. The quantitative estimate of drug-likeness (QED) is 0.364. The van der Waals surface area contributed by atoms with Gasteiger partial charge in [-0.25, -0.2) is 10.8 Å². The summed E-state index contributed by atoms with van der Waals surface area (Å²) in [5, 5.41) is 2.94. The lowest BCUT2D eigenvalue weighted by Crippen LogP contribution is -2.26. The zero-order valence-corrected chi connectivity index (χ0v) is 13.3. The van der Waals surface area contributed by atoms with Crippen molar-refractivity contribution < 1.29 is 4.79 Å². The molecule has 0 aliphatic heterocycles. The molecule has 0 fully saturated rings. The fraction of sp³-hybridized carbons (Fsp3) is 0.600. The third-order valence-corrected chi connectivity index (χ3v) is 3.11. The zero-order valence-electron chi connectivity index (χ0n) is 13.3. The monoisotopic (exact) mass is 293 g/mol. The first-order chi connectivity index (χ1) is 10.1. The lowest BCUT2D eigenvalue weighted by molar-refractivity contribution is 0.0952. The van der Waals surface area contributed by atoms with Crippen LogP contribution in [0.4, 0.5) is 5.82 Å². The van der Waals surface area contributed by atoms with Gasteiger partial charge in [0.15, 0.2) is 0 Å². The largest absolute Gasteiger partial charge is 0.352 e. The minimum atomic E-state index is -0.0730. The van der Waals surface area contributed by atoms with Crippen LogP contribution >= 0.6 is 0 Å². The van der Waals surface area contributed by atoms with Crippen molar-refractivity contribution in [3.8, 4) is 0 Å². The summed E-state index contributed by atoms with van der Waals surface area (Å²) in [6.07, 6.45) is 3.85. The molecule has 0 atom stereocenters. The lowest BCUT2D eigenvalue weighted by atomic mass is 10.1. The van der Waals surface area contributed by atoms with E-state index < -0.39 is 0 Å². The number of hydrogen-bond donors (Lipinski definition) is 3. The van der Waals surface area contributed by atoms with Crippen LogP contribution in [0.3, 0.4) is 0 Å². The van der Waals surface area contributed by atoms with Crippen molar-refractivity contribution in [2.24, 2.45) is 5.84 Å². The van der Waals surface area contributed by atoms with Gasteiger partial charge < -0.3 is 15.6 Å². The van der Waals surface area contributed by atoms with Gasteiger partial charge in [-0.3, -0.25) is 4.79 Å². The smallest absolute Gasteiger partial charge is 0.251 e. The van der Waals surface area contributed by atoms with Crippen molar-refractivity contribution in [3.63, 3.8) is 0 Å². The summed E-state index contributed by atoms with van der Waals surface area (Å²) in [6, 6.07) is 3.51. The summed E-state index contributed by atoms with van der Waals surface area (Å²) in [7, 11) is 4.10. The van der Waals surface area contributed by atoms with E-state index in [9.17, 15) is 4.79 Å². The summed E-state index contributed by atoms with van der Waals surface area (Å²) in [5.74, 6) is 5.86. The number of amides is 1. The van der Waals surface area contributed by atoms with E-state index in [0.29, 0.717) is 17.9 Å². The van der Waals surface area contributed by atoms with Gasteiger partial charge in [-0.15, -0.1) is 0 Å². The van der Waals surface area contributed by atoms with E-state index in [1.165, 1.54) is 0 Å². The Morgan fingerprint density at radius 1 is 1.33 bits per heavy atom. The molecule has 0 bridgehead atoms. The Balaban J connectivity index is 2.54. The number of hydrazine groups is 1. The number of carbonyl (C=O) groups excluding carboxylic acids is 1. The first-order valence-electron chi connectivity index (χ1n) is 7.47. The number of aromatic nitrogens is 1. The summed E-state index contributed by atoms with van der Waals surface area (Å²) in [6.45, 7) is 3.80. The van der Waals surface area contributed by atoms with Crippen LogP contribution in [0, 0.1) is 0 Å².